The van der Waals surface area contributed by atoms with Crippen molar-refractivity contribution in [3.05, 3.63) is 0 Å². The summed E-state index contributed by atoms with van der Waals surface area (Å²) in [5.74, 6) is 1.82. The normalized spacial score (nSPS) is 10.3. The van der Waals surface area contributed by atoms with Gasteiger partial charge in [0.05, 0.1) is 0 Å². The summed E-state index contributed by atoms with van der Waals surface area (Å²) in [7, 11) is 0. The van der Waals surface area contributed by atoms with Crippen LogP contribution in [0, 0.1) is 5.92 Å². The van der Waals surface area contributed by atoms with E-state index in [1.807, 2.05) is 6.26 Å². The molecule has 0 aliphatic rings. The van der Waals surface area contributed by atoms with Crippen LogP contribution in [0.15, 0.2) is 0 Å². The van der Waals surface area contributed by atoms with Gasteiger partial charge in [-0.1, -0.05) is 13.8 Å². The minimum atomic E-state index is 0.192. The summed E-state index contributed by atoms with van der Waals surface area (Å²) in [6, 6.07) is 0. The van der Waals surface area contributed by atoms with Gasteiger partial charge in [-0.25, -0.2) is 0 Å². The molecule has 0 aromatic rings. The van der Waals surface area contributed by atoms with Crippen LogP contribution in [0.2, 0.25) is 0 Å². The monoisotopic (exact) mass is 189 g/mol. The van der Waals surface area contributed by atoms with Crippen LogP contribution in [0.1, 0.15) is 26.7 Å². The van der Waals surface area contributed by atoms with E-state index >= 15 is 0 Å². The summed E-state index contributed by atoms with van der Waals surface area (Å²) in [4.78, 5) is 11.1. The molecule has 0 fully saturated rings. The summed E-state index contributed by atoms with van der Waals surface area (Å²) in [5.41, 5.74) is 0. The highest BCUT2D eigenvalue weighted by molar-refractivity contribution is 7.98. The Morgan fingerprint density at radius 2 is 2.17 bits per heavy atom. The van der Waals surface area contributed by atoms with Gasteiger partial charge in [-0.05, 0) is 18.6 Å². The number of thioether (sulfide) groups is 1. The van der Waals surface area contributed by atoms with E-state index in [1.54, 1.807) is 11.8 Å². The van der Waals surface area contributed by atoms with Crippen molar-refractivity contribution in [2.45, 2.75) is 26.7 Å². The van der Waals surface area contributed by atoms with Gasteiger partial charge >= 0.3 is 0 Å². The fraction of sp³-hybridized carbons (Fsp3) is 0.889. The second-order valence-corrected chi connectivity index (χ2v) is 4.26. The summed E-state index contributed by atoms with van der Waals surface area (Å²) >= 11 is 1.75. The van der Waals surface area contributed by atoms with E-state index in [-0.39, 0.29) is 5.91 Å². The first-order valence-corrected chi connectivity index (χ1v) is 5.81. The topological polar surface area (TPSA) is 29.1 Å². The molecule has 3 heteroatoms. The first-order valence-electron chi connectivity index (χ1n) is 4.42. The molecule has 72 valence electrons. The number of hydrogen-bond acceptors (Lipinski definition) is 2. The summed E-state index contributed by atoms with van der Waals surface area (Å²) in [5, 5.41) is 2.88. The van der Waals surface area contributed by atoms with Crippen molar-refractivity contribution in [2.24, 2.45) is 5.92 Å². The molecule has 0 aromatic heterocycles. The molecule has 1 amide bonds. The Kier molecular flexibility index (Phi) is 7.36. The van der Waals surface area contributed by atoms with Crippen molar-refractivity contribution >= 4 is 17.7 Å². The standard InChI is InChI=1S/C9H19NOS/c1-8(2)4-5-9(11)10-6-7-12-3/h8H,4-7H2,1-3H3,(H,10,11). The SMILES string of the molecule is CSCCNC(=O)CCC(C)C. The van der Waals surface area contributed by atoms with E-state index < -0.39 is 0 Å². The van der Waals surface area contributed by atoms with Crippen molar-refractivity contribution in [1.82, 2.24) is 5.32 Å². The molecule has 0 radical (unpaired) electrons. The molecule has 1 N–H and O–H groups in total. The van der Waals surface area contributed by atoms with Crippen molar-refractivity contribution < 1.29 is 4.79 Å². The molecule has 0 bridgehead atoms. The average molecular weight is 189 g/mol. The smallest absolute Gasteiger partial charge is 0.220 e. The quantitative estimate of drug-likeness (QED) is 0.647. The van der Waals surface area contributed by atoms with Gasteiger partial charge in [0.1, 0.15) is 0 Å². The van der Waals surface area contributed by atoms with E-state index in [9.17, 15) is 4.79 Å². The van der Waals surface area contributed by atoms with Crippen molar-refractivity contribution in [3.63, 3.8) is 0 Å². The van der Waals surface area contributed by atoms with Gasteiger partial charge in [0.15, 0.2) is 0 Å². The van der Waals surface area contributed by atoms with Crippen LogP contribution in [-0.4, -0.2) is 24.5 Å². The van der Waals surface area contributed by atoms with E-state index in [2.05, 4.69) is 19.2 Å². The van der Waals surface area contributed by atoms with Crippen molar-refractivity contribution in [2.75, 3.05) is 18.6 Å². The van der Waals surface area contributed by atoms with Crippen LogP contribution in [0.4, 0.5) is 0 Å². The van der Waals surface area contributed by atoms with Gasteiger partial charge in [0.25, 0.3) is 0 Å². The lowest BCUT2D eigenvalue weighted by Gasteiger charge is -2.05. The Morgan fingerprint density at radius 1 is 1.50 bits per heavy atom. The van der Waals surface area contributed by atoms with Gasteiger partial charge in [-0.2, -0.15) is 11.8 Å². The van der Waals surface area contributed by atoms with Crippen LogP contribution in [0.3, 0.4) is 0 Å². The van der Waals surface area contributed by atoms with Crippen LogP contribution in [0.5, 0.6) is 0 Å². The van der Waals surface area contributed by atoms with Gasteiger partial charge in [0, 0.05) is 18.7 Å². The Bertz CT molecular complexity index is 126. The fourth-order valence-corrected chi connectivity index (χ4v) is 1.11. The Hall–Kier alpha value is -0.180. The average Bonchev–Trinajstić information content (AvgIpc) is 2.01. The lowest BCUT2D eigenvalue weighted by Crippen LogP contribution is -2.25. The molecule has 0 aliphatic heterocycles. The molecule has 0 atom stereocenters. The molecule has 0 heterocycles. The fourth-order valence-electron chi connectivity index (χ4n) is 0.801. The first kappa shape index (κ1) is 11.8. The maximum Gasteiger partial charge on any atom is 0.220 e. The molecule has 0 saturated heterocycles. The number of rotatable bonds is 6. The second-order valence-electron chi connectivity index (χ2n) is 3.28. The predicted molar refractivity (Wildman–Crippen MR) is 55.5 cm³/mol. The van der Waals surface area contributed by atoms with E-state index in [0.717, 1.165) is 18.7 Å². The highest BCUT2D eigenvalue weighted by Crippen LogP contribution is 2.02. The van der Waals surface area contributed by atoms with Crippen LogP contribution >= 0.6 is 11.8 Å². The van der Waals surface area contributed by atoms with Crippen LogP contribution in [-0.2, 0) is 4.79 Å². The second kappa shape index (κ2) is 7.47. The number of carbonyl (C=O) groups is 1. The largest absolute Gasteiger partial charge is 0.355 e. The summed E-state index contributed by atoms with van der Waals surface area (Å²) in [6.07, 6.45) is 3.71. The predicted octanol–water partition coefficient (Wildman–Crippen LogP) is 1.90. The van der Waals surface area contributed by atoms with E-state index in [0.29, 0.717) is 12.3 Å². The number of nitrogens with one attached hydrogen (secondary N) is 1. The molecule has 2 nitrogen and oxygen atoms in total. The highest BCUT2D eigenvalue weighted by atomic mass is 32.2. The number of carbonyl (C=O) groups excluding carboxylic acids is 1. The first-order chi connectivity index (χ1) is 5.66. The van der Waals surface area contributed by atoms with Crippen molar-refractivity contribution in [3.8, 4) is 0 Å². The third kappa shape index (κ3) is 7.92. The Morgan fingerprint density at radius 3 is 2.67 bits per heavy atom. The van der Waals surface area contributed by atoms with E-state index in [4.69, 9.17) is 0 Å². The highest BCUT2D eigenvalue weighted by Gasteiger charge is 2.01. The molecule has 0 spiro atoms. The van der Waals surface area contributed by atoms with Crippen LogP contribution in [0.25, 0.3) is 0 Å². The number of amides is 1. The summed E-state index contributed by atoms with van der Waals surface area (Å²) < 4.78 is 0. The van der Waals surface area contributed by atoms with Gasteiger partial charge in [-0.15, -0.1) is 0 Å². The molecule has 0 unspecified atom stereocenters. The number of hydrogen-bond donors (Lipinski definition) is 1. The zero-order chi connectivity index (χ0) is 9.40. The zero-order valence-electron chi connectivity index (χ0n) is 8.22. The van der Waals surface area contributed by atoms with Gasteiger partial charge < -0.3 is 5.32 Å². The molecule has 0 saturated carbocycles. The third-order valence-corrected chi connectivity index (χ3v) is 2.19. The third-order valence-electron chi connectivity index (χ3n) is 1.58. The van der Waals surface area contributed by atoms with Gasteiger partial charge in [0.2, 0.25) is 5.91 Å². The molecule has 0 aromatic carbocycles. The maximum atomic E-state index is 11.1. The zero-order valence-corrected chi connectivity index (χ0v) is 9.04. The maximum absolute atomic E-state index is 11.1. The summed E-state index contributed by atoms with van der Waals surface area (Å²) in [6.45, 7) is 5.07. The lowest BCUT2D eigenvalue weighted by atomic mass is 10.1. The molecule has 0 aliphatic carbocycles. The Labute approximate surface area is 79.5 Å². The van der Waals surface area contributed by atoms with Crippen LogP contribution < -0.4 is 5.32 Å². The van der Waals surface area contributed by atoms with Gasteiger partial charge in [-0.3, -0.25) is 4.79 Å². The lowest BCUT2D eigenvalue weighted by molar-refractivity contribution is -0.121. The minimum absolute atomic E-state index is 0.192. The van der Waals surface area contributed by atoms with E-state index in [1.165, 1.54) is 0 Å². The van der Waals surface area contributed by atoms with Crippen molar-refractivity contribution in [1.29, 1.82) is 0 Å². The molecule has 12 heavy (non-hydrogen) atoms. The molecular formula is C9H19NOS. The molecular weight excluding hydrogens is 170 g/mol. The Balaban J connectivity index is 3.22. The molecule has 0 rings (SSSR count). The minimum Gasteiger partial charge on any atom is -0.355 e.